The summed E-state index contributed by atoms with van der Waals surface area (Å²) < 4.78 is 10.7. The van der Waals surface area contributed by atoms with Crippen LogP contribution in [0.3, 0.4) is 0 Å². The van der Waals surface area contributed by atoms with Crippen LogP contribution in [-0.4, -0.2) is 30.5 Å². The summed E-state index contributed by atoms with van der Waals surface area (Å²) in [5.41, 5.74) is -0.861. The van der Waals surface area contributed by atoms with E-state index in [4.69, 9.17) is 9.47 Å². The number of allylic oxidation sites excluding steroid dienone is 1. The zero-order valence-corrected chi connectivity index (χ0v) is 7.95. The van der Waals surface area contributed by atoms with E-state index in [1.54, 1.807) is 0 Å². The summed E-state index contributed by atoms with van der Waals surface area (Å²) in [4.78, 5) is 0. The first-order chi connectivity index (χ1) is 6.23. The molecule has 0 aromatic rings. The maximum absolute atomic E-state index is 10.3. The first-order valence-electron chi connectivity index (χ1n) is 4.87. The van der Waals surface area contributed by atoms with Gasteiger partial charge in [0.1, 0.15) is 11.4 Å². The Hall–Kier alpha value is -0.540. The van der Waals surface area contributed by atoms with E-state index in [0.29, 0.717) is 13.2 Å². The second-order valence-corrected chi connectivity index (χ2v) is 3.90. The van der Waals surface area contributed by atoms with Crippen molar-refractivity contribution in [3.63, 3.8) is 0 Å². The molecule has 0 saturated carbocycles. The number of hydrogen-bond donors (Lipinski definition) is 1. The highest BCUT2D eigenvalue weighted by atomic mass is 16.5. The van der Waals surface area contributed by atoms with Crippen LogP contribution in [0.2, 0.25) is 0 Å². The summed E-state index contributed by atoms with van der Waals surface area (Å²) in [6.07, 6.45) is 4.05. The van der Waals surface area contributed by atoms with Crippen molar-refractivity contribution in [2.24, 2.45) is 5.92 Å². The molecule has 2 rings (SSSR count). The highest BCUT2D eigenvalue weighted by Gasteiger charge is 2.44. The first-order valence-corrected chi connectivity index (χ1v) is 4.87. The van der Waals surface area contributed by atoms with Crippen molar-refractivity contribution >= 4 is 0 Å². The van der Waals surface area contributed by atoms with Crippen LogP contribution in [0.1, 0.15) is 19.8 Å². The summed E-state index contributed by atoms with van der Waals surface area (Å²) in [5.74, 6) is 0.862. The van der Waals surface area contributed by atoms with E-state index in [0.717, 1.165) is 25.2 Å². The lowest BCUT2D eigenvalue weighted by atomic mass is 9.89. The quantitative estimate of drug-likeness (QED) is 0.662. The van der Waals surface area contributed by atoms with Gasteiger partial charge in [-0.2, -0.15) is 0 Å². The lowest BCUT2D eigenvalue weighted by Crippen LogP contribution is -2.39. The van der Waals surface area contributed by atoms with E-state index in [1.807, 2.05) is 13.0 Å². The highest BCUT2D eigenvalue weighted by Crippen LogP contribution is 2.34. The summed E-state index contributed by atoms with van der Waals surface area (Å²) >= 11 is 0. The smallest absolute Gasteiger partial charge is 0.149 e. The second kappa shape index (κ2) is 3.31. The second-order valence-electron chi connectivity index (χ2n) is 3.90. The van der Waals surface area contributed by atoms with Gasteiger partial charge in [-0.1, -0.05) is 6.92 Å². The monoisotopic (exact) mass is 184 g/mol. The summed E-state index contributed by atoms with van der Waals surface area (Å²) in [6.45, 7) is 3.71. The molecular formula is C10H16O3. The molecule has 2 aliphatic rings. The van der Waals surface area contributed by atoms with Gasteiger partial charge >= 0.3 is 0 Å². The largest absolute Gasteiger partial charge is 0.495 e. The molecule has 2 atom stereocenters. The number of rotatable bonds is 1. The van der Waals surface area contributed by atoms with E-state index in [9.17, 15) is 5.11 Å². The third-order valence-corrected chi connectivity index (χ3v) is 2.87. The molecule has 74 valence electrons. The Morgan fingerprint density at radius 3 is 3.00 bits per heavy atom. The zero-order chi connectivity index (χ0) is 9.31. The molecule has 3 nitrogen and oxygen atoms in total. The molecule has 1 N–H and O–H groups in total. The van der Waals surface area contributed by atoms with Crippen LogP contribution < -0.4 is 0 Å². The van der Waals surface area contributed by atoms with Crippen molar-refractivity contribution in [2.45, 2.75) is 25.4 Å². The van der Waals surface area contributed by atoms with Crippen molar-refractivity contribution < 1.29 is 14.6 Å². The topological polar surface area (TPSA) is 38.7 Å². The van der Waals surface area contributed by atoms with Crippen LogP contribution in [0.15, 0.2) is 11.8 Å². The summed E-state index contributed by atoms with van der Waals surface area (Å²) in [6, 6.07) is 0. The number of ether oxygens (including phenoxy) is 2. The van der Waals surface area contributed by atoms with Crippen molar-refractivity contribution in [3.8, 4) is 0 Å². The van der Waals surface area contributed by atoms with Gasteiger partial charge in [0, 0.05) is 5.92 Å². The molecule has 0 amide bonds. The van der Waals surface area contributed by atoms with Crippen molar-refractivity contribution in [1.82, 2.24) is 0 Å². The molecule has 0 aliphatic carbocycles. The lowest BCUT2D eigenvalue weighted by molar-refractivity contribution is -0.0205. The fourth-order valence-corrected chi connectivity index (χ4v) is 1.84. The Morgan fingerprint density at radius 2 is 2.46 bits per heavy atom. The van der Waals surface area contributed by atoms with Crippen LogP contribution in [0.4, 0.5) is 0 Å². The van der Waals surface area contributed by atoms with Gasteiger partial charge in [-0.05, 0) is 18.9 Å². The van der Waals surface area contributed by atoms with Gasteiger partial charge in [0.15, 0.2) is 0 Å². The maximum Gasteiger partial charge on any atom is 0.149 e. The Bertz CT molecular complexity index is 224. The Morgan fingerprint density at radius 1 is 1.62 bits per heavy atom. The SMILES string of the molecule is CC1COCC1(O)C1=CCCCO1. The van der Waals surface area contributed by atoms with E-state index in [-0.39, 0.29) is 5.92 Å². The molecule has 1 fully saturated rings. The van der Waals surface area contributed by atoms with Gasteiger partial charge in [-0.3, -0.25) is 0 Å². The molecule has 3 heteroatoms. The van der Waals surface area contributed by atoms with E-state index in [2.05, 4.69) is 0 Å². The molecule has 0 bridgehead atoms. The fourth-order valence-electron chi connectivity index (χ4n) is 1.84. The Kier molecular flexibility index (Phi) is 2.30. The maximum atomic E-state index is 10.3. The molecule has 2 unspecified atom stereocenters. The molecule has 0 spiro atoms. The summed E-state index contributed by atoms with van der Waals surface area (Å²) in [7, 11) is 0. The van der Waals surface area contributed by atoms with Gasteiger partial charge in [-0.15, -0.1) is 0 Å². The van der Waals surface area contributed by atoms with Gasteiger partial charge in [0.25, 0.3) is 0 Å². The van der Waals surface area contributed by atoms with Crippen molar-refractivity contribution in [1.29, 1.82) is 0 Å². The van der Waals surface area contributed by atoms with Gasteiger partial charge in [0.2, 0.25) is 0 Å². The predicted molar refractivity (Wildman–Crippen MR) is 48.2 cm³/mol. The minimum Gasteiger partial charge on any atom is -0.495 e. The van der Waals surface area contributed by atoms with Crippen LogP contribution in [0, 0.1) is 5.92 Å². The van der Waals surface area contributed by atoms with E-state index >= 15 is 0 Å². The van der Waals surface area contributed by atoms with Crippen LogP contribution >= 0.6 is 0 Å². The third-order valence-electron chi connectivity index (χ3n) is 2.87. The summed E-state index contributed by atoms with van der Waals surface area (Å²) in [5, 5.41) is 10.3. The lowest BCUT2D eigenvalue weighted by Gasteiger charge is -2.30. The van der Waals surface area contributed by atoms with Crippen LogP contribution in [0.25, 0.3) is 0 Å². The molecule has 0 radical (unpaired) electrons. The Balaban J connectivity index is 2.17. The molecule has 13 heavy (non-hydrogen) atoms. The van der Waals surface area contributed by atoms with Gasteiger partial charge < -0.3 is 14.6 Å². The zero-order valence-electron chi connectivity index (χ0n) is 7.95. The molecular weight excluding hydrogens is 168 g/mol. The minimum absolute atomic E-state index is 0.136. The predicted octanol–water partition coefficient (Wildman–Crippen LogP) is 1.08. The number of aliphatic hydroxyl groups is 1. The molecule has 2 heterocycles. The Labute approximate surface area is 78.3 Å². The van der Waals surface area contributed by atoms with Gasteiger partial charge in [0.05, 0.1) is 19.8 Å². The standard InChI is InChI=1S/C10H16O3/c1-8-6-12-7-10(8,11)9-4-2-3-5-13-9/h4,8,11H,2-3,5-7H2,1H3. The minimum atomic E-state index is -0.861. The fraction of sp³-hybridized carbons (Fsp3) is 0.800. The number of hydrogen-bond acceptors (Lipinski definition) is 3. The van der Waals surface area contributed by atoms with Crippen LogP contribution in [-0.2, 0) is 9.47 Å². The van der Waals surface area contributed by atoms with E-state index in [1.165, 1.54) is 0 Å². The highest BCUT2D eigenvalue weighted by molar-refractivity contribution is 5.15. The normalized spacial score (nSPS) is 39.8. The van der Waals surface area contributed by atoms with Crippen molar-refractivity contribution in [2.75, 3.05) is 19.8 Å². The molecule has 0 aromatic heterocycles. The van der Waals surface area contributed by atoms with Crippen LogP contribution in [0.5, 0.6) is 0 Å². The molecule has 0 aromatic carbocycles. The average molecular weight is 184 g/mol. The first kappa shape index (κ1) is 9.03. The average Bonchev–Trinajstić information content (AvgIpc) is 2.50. The molecule has 1 saturated heterocycles. The third kappa shape index (κ3) is 1.46. The van der Waals surface area contributed by atoms with Gasteiger partial charge in [-0.25, -0.2) is 0 Å². The molecule has 2 aliphatic heterocycles. The van der Waals surface area contributed by atoms with Crippen molar-refractivity contribution in [3.05, 3.63) is 11.8 Å². The van der Waals surface area contributed by atoms with E-state index < -0.39 is 5.60 Å².